The van der Waals surface area contributed by atoms with Crippen molar-refractivity contribution in [3.63, 3.8) is 0 Å². The molecule has 2 rings (SSSR count). The lowest BCUT2D eigenvalue weighted by atomic mass is 10.0. The molecule has 22 heavy (non-hydrogen) atoms. The van der Waals surface area contributed by atoms with Gasteiger partial charge in [0.2, 0.25) is 0 Å². The van der Waals surface area contributed by atoms with Crippen LogP contribution in [0.4, 0.5) is 0 Å². The predicted octanol–water partition coefficient (Wildman–Crippen LogP) is 2.79. The van der Waals surface area contributed by atoms with E-state index < -0.39 is 0 Å². The average molecular weight is 321 g/mol. The van der Waals surface area contributed by atoms with Crippen molar-refractivity contribution in [2.75, 3.05) is 20.6 Å². The highest BCUT2D eigenvalue weighted by Crippen LogP contribution is 2.21. The molecule has 0 fully saturated rings. The molecule has 0 bridgehead atoms. The fourth-order valence-corrected chi connectivity index (χ4v) is 2.36. The number of rotatable bonds is 6. The van der Waals surface area contributed by atoms with Crippen molar-refractivity contribution in [3.8, 4) is 0 Å². The number of carbonyl (C=O) groups excluding carboxylic acids is 1. The van der Waals surface area contributed by atoms with Crippen LogP contribution >= 0.6 is 11.6 Å². The standard InChI is InChI=1S/C16H21ClN4O/c1-11-14(17)15(20-19-11)16(22)18-13(9-10-21(2)3)12-7-5-4-6-8-12/h4-8,13H,9-10H2,1-3H3,(H,18,22)(H,19,20)/t13-/m1/s1. The van der Waals surface area contributed by atoms with Crippen molar-refractivity contribution in [2.24, 2.45) is 0 Å². The monoisotopic (exact) mass is 320 g/mol. The van der Waals surface area contributed by atoms with E-state index in [-0.39, 0.29) is 17.6 Å². The van der Waals surface area contributed by atoms with Gasteiger partial charge in [0.05, 0.1) is 16.8 Å². The van der Waals surface area contributed by atoms with Gasteiger partial charge in [0.1, 0.15) is 0 Å². The fraction of sp³-hybridized carbons (Fsp3) is 0.375. The first kappa shape index (κ1) is 16.5. The van der Waals surface area contributed by atoms with Crippen LogP contribution in [-0.2, 0) is 0 Å². The molecule has 0 aliphatic carbocycles. The van der Waals surface area contributed by atoms with E-state index in [0.29, 0.717) is 10.7 Å². The Kier molecular flexibility index (Phi) is 5.57. The van der Waals surface area contributed by atoms with Crippen molar-refractivity contribution >= 4 is 17.5 Å². The summed E-state index contributed by atoms with van der Waals surface area (Å²) in [7, 11) is 4.02. The predicted molar refractivity (Wildman–Crippen MR) is 88.2 cm³/mol. The van der Waals surface area contributed by atoms with E-state index in [4.69, 9.17) is 11.6 Å². The van der Waals surface area contributed by atoms with E-state index in [0.717, 1.165) is 18.5 Å². The van der Waals surface area contributed by atoms with Crippen molar-refractivity contribution in [2.45, 2.75) is 19.4 Å². The van der Waals surface area contributed by atoms with Crippen LogP contribution < -0.4 is 5.32 Å². The molecular formula is C16H21ClN4O. The van der Waals surface area contributed by atoms with Crippen LogP contribution in [0.1, 0.15) is 34.2 Å². The molecule has 0 spiro atoms. The topological polar surface area (TPSA) is 61.0 Å². The Morgan fingerprint density at radius 3 is 2.59 bits per heavy atom. The molecule has 0 unspecified atom stereocenters. The number of aromatic amines is 1. The molecule has 0 aliphatic rings. The first-order valence-electron chi connectivity index (χ1n) is 7.20. The van der Waals surface area contributed by atoms with Crippen LogP contribution in [0.5, 0.6) is 0 Å². The number of hydrogen-bond acceptors (Lipinski definition) is 3. The largest absolute Gasteiger partial charge is 0.344 e. The molecule has 0 aliphatic heterocycles. The first-order chi connectivity index (χ1) is 10.5. The minimum Gasteiger partial charge on any atom is -0.344 e. The van der Waals surface area contributed by atoms with Crippen molar-refractivity contribution < 1.29 is 4.79 Å². The minimum atomic E-state index is -0.262. The summed E-state index contributed by atoms with van der Waals surface area (Å²) in [5.41, 5.74) is 2.00. The van der Waals surface area contributed by atoms with Crippen LogP contribution in [0.3, 0.4) is 0 Å². The number of nitrogens with one attached hydrogen (secondary N) is 2. The third-order valence-corrected chi connectivity index (χ3v) is 3.92. The van der Waals surface area contributed by atoms with Gasteiger partial charge in [-0.2, -0.15) is 5.10 Å². The molecule has 2 aromatic rings. The minimum absolute atomic E-state index is 0.0795. The molecule has 6 heteroatoms. The maximum Gasteiger partial charge on any atom is 0.273 e. The normalized spacial score (nSPS) is 12.4. The summed E-state index contributed by atoms with van der Waals surface area (Å²) in [6, 6.07) is 9.84. The third kappa shape index (κ3) is 4.08. The van der Waals surface area contributed by atoms with E-state index in [1.807, 2.05) is 44.4 Å². The van der Waals surface area contributed by atoms with Gasteiger partial charge in [-0.3, -0.25) is 9.89 Å². The van der Waals surface area contributed by atoms with Crippen molar-refractivity contribution in [3.05, 3.63) is 52.3 Å². The number of aryl methyl sites for hydroxylation is 1. The smallest absolute Gasteiger partial charge is 0.273 e. The third-order valence-electron chi connectivity index (χ3n) is 3.46. The quantitative estimate of drug-likeness (QED) is 0.860. The van der Waals surface area contributed by atoms with E-state index in [1.165, 1.54) is 0 Å². The van der Waals surface area contributed by atoms with Crippen LogP contribution in [-0.4, -0.2) is 41.6 Å². The van der Waals surface area contributed by atoms with Gasteiger partial charge in [-0.1, -0.05) is 41.9 Å². The molecule has 1 amide bonds. The van der Waals surface area contributed by atoms with Gasteiger partial charge in [0, 0.05) is 0 Å². The summed E-state index contributed by atoms with van der Waals surface area (Å²) in [4.78, 5) is 14.5. The SMILES string of the molecule is Cc1[nH]nc(C(=O)N[C@H](CCN(C)C)c2ccccc2)c1Cl. The molecule has 1 atom stereocenters. The number of H-pyrrole nitrogens is 1. The van der Waals surface area contributed by atoms with E-state index in [9.17, 15) is 4.79 Å². The number of amides is 1. The van der Waals surface area contributed by atoms with Gasteiger partial charge >= 0.3 is 0 Å². The second-order valence-electron chi connectivity index (χ2n) is 5.54. The van der Waals surface area contributed by atoms with E-state index in [2.05, 4.69) is 20.4 Å². The molecule has 2 N–H and O–H groups in total. The molecule has 1 aromatic heterocycles. The van der Waals surface area contributed by atoms with Gasteiger partial charge in [0.15, 0.2) is 5.69 Å². The fourth-order valence-electron chi connectivity index (χ4n) is 2.19. The molecule has 5 nitrogen and oxygen atoms in total. The zero-order valence-corrected chi connectivity index (χ0v) is 13.8. The Balaban J connectivity index is 2.15. The van der Waals surface area contributed by atoms with Crippen LogP contribution in [0.15, 0.2) is 30.3 Å². The average Bonchev–Trinajstić information content (AvgIpc) is 2.84. The summed E-state index contributed by atoms with van der Waals surface area (Å²) in [5.74, 6) is -0.262. The van der Waals surface area contributed by atoms with Crippen LogP contribution in [0.2, 0.25) is 5.02 Å². The zero-order chi connectivity index (χ0) is 16.1. The lowest BCUT2D eigenvalue weighted by Crippen LogP contribution is -2.31. The van der Waals surface area contributed by atoms with Crippen molar-refractivity contribution in [1.82, 2.24) is 20.4 Å². The van der Waals surface area contributed by atoms with Gasteiger partial charge in [-0.05, 0) is 39.5 Å². The summed E-state index contributed by atoms with van der Waals surface area (Å²) >= 11 is 6.10. The van der Waals surface area contributed by atoms with Gasteiger partial charge in [-0.15, -0.1) is 0 Å². The number of aromatic nitrogens is 2. The highest BCUT2D eigenvalue weighted by atomic mass is 35.5. The Morgan fingerprint density at radius 2 is 2.05 bits per heavy atom. The van der Waals surface area contributed by atoms with Crippen LogP contribution in [0, 0.1) is 6.92 Å². The van der Waals surface area contributed by atoms with Gasteiger partial charge < -0.3 is 10.2 Å². The first-order valence-corrected chi connectivity index (χ1v) is 7.58. The molecule has 118 valence electrons. The molecular weight excluding hydrogens is 300 g/mol. The maximum absolute atomic E-state index is 12.4. The zero-order valence-electron chi connectivity index (χ0n) is 13.1. The Hall–Kier alpha value is -1.85. The molecule has 1 heterocycles. The molecule has 0 saturated heterocycles. The lowest BCUT2D eigenvalue weighted by molar-refractivity contribution is 0.0928. The summed E-state index contributed by atoms with van der Waals surface area (Å²) in [6.07, 6.45) is 0.809. The molecule has 1 aromatic carbocycles. The van der Waals surface area contributed by atoms with E-state index in [1.54, 1.807) is 6.92 Å². The highest BCUT2D eigenvalue weighted by molar-refractivity contribution is 6.34. The summed E-state index contributed by atoms with van der Waals surface area (Å²) in [6.45, 7) is 2.65. The maximum atomic E-state index is 12.4. The Bertz CT molecular complexity index is 624. The highest BCUT2D eigenvalue weighted by Gasteiger charge is 2.20. The second-order valence-corrected chi connectivity index (χ2v) is 5.92. The number of carbonyl (C=O) groups is 1. The van der Waals surface area contributed by atoms with Gasteiger partial charge in [0.25, 0.3) is 5.91 Å². The van der Waals surface area contributed by atoms with Crippen molar-refractivity contribution in [1.29, 1.82) is 0 Å². The number of benzene rings is 1. The second kappa shape index (κ2) is 7.42. The lowest BCUT2D eigenvalue weighted by Gasteiger charge is -2.21. The molecule has 0 saturated carbocycles. The number of nitrogens with zero attached hydrogens (tertiary/aromatic N) is 2. The Labute approximate surface area is 135 Å². The van der Waals surface area contributed by atoms with E-state index >= 15 is 0 Å². The van der Waals surface area contributed by atoms with Crippen LogP contribution in [0.25, 0.3) is 0 Å². The van der Waals surface area contributed by atoms with Gasteiger partial charge in [-0.25, -0.2) is 0 Å². The molecule has 0 radical (unpaired) electrons. The number of halogens is 1. The summed E-state index contributed by atoms with van der Waals surface area (Å²) in [5, 5.41) is 10.1. The number of hydrogen-bond donors (Lipinski definition) is 2. The summed E-state index contributed by atoms with van der Waals surface area (Å²) < 4.78 is 0. The Morgan fingerprint density at radius 1 is 1.36 bits per heavy atom.